The molecule has 0 aliphatic rings. The molecule has 0 saturated carbocycles. The van der Waals surface area contributed by atoms with Gasteiger partial charge >= 0.3 is 6.03 Å². The van der Waals surface area contributed by atoms with Crippen molar-refractivity contribution in [1.82, 2.24) is 10.3 Å². The van der Waals surface area contributed by atoms with Gasteiger partial charge in [0.25, 0.3) is 0 Å². The highest BCUT2D eigenvalue weighted by atomic mass is 16.2. The molecule has 0 aliphatic heterocycles. The van der Waals surface area contributed by atoms with Crippen LogP contribution in [-0.4, -0.2) is 31.7 Å². The molecule has 31 heavy (non-hydrogen) atoms. The minimum absolute atomic E-state index is 0.0582. The molecule has 0 radical (unpaired) electrons. The van der Waals surface area contributed by atoms with Crippen molar-refractivity contribution in [3.63, 3.8) is 0 Å². The lowest BCUT2D eigenvalue weighted by Gasteiger charge is -2.28. The van der Waals surface area contributed by atoms with Gasteiger partial charge < -0.3 is 5.32 Å². The fourth-order valence-electron chi connectivity index (χ4n) is 4.04. The summed E-state index contributed by atoms with van der Waals surface area (Å²) in [6, 6.07) is 9.72. The molecular formula is C27H49N3O. The van der Waals surface area contributed by atoms with Gasteiger partial charge in [-0.25, -0.2) is 14.8 Å². The summed E-state index contributed by atoms with van der Waals surface area (Å²) in [7, 11) is 3.78. The SMILES string of the molecule is CCCCCCCCCCCCCCCCCCNC(=O)N(c1ccccc1)N(C)C. The number of hydrogen-bond donors (Lipinski definition) is 1. The lowest BCUT2D eigenvalue weighted by molar-refractivity contribution is 0.230. The number of nitrogens with one attached hydrogen (secondary N) is 1. The number of carbonyl (C=O) groups is 1. The highest BCUT2D eigenvalue weighted by Gasteiger charge is 2.16. The molecule has 1 N–H and O–H groups in total. The first kappa shape index (κ1) is 27.5. The summed E-state index contributed by atoms with van der Waals surface area (Å²) in [4.78, 5) is 12.5. The molecule has 0 aromatic heterocycles. The largest absolute Gasteiger partial charge is 0.337 e. The fourth-order valence-corrected chi connectivity index (χ4v) is 4.04. The highest BCUT2D eigenvalue weighted by molar-refractivity contribution is 5.90. The number of urea groups is 1. The first-order valence-corrected chi connectivity index (χ1v) is 13.0. The third kappa shape index (κ3) is 14.2. The Morgan fingerprint density at radius 1 is 0.677 bits per heavy atom. The van der Waals surface area contributed by atoms with Crippen LogP contribution < -0.4 is 10.3 Å². The van der Waals surface area contributed by atoms with Crippen LogP contribution in [0.3, 0.4) is 0 Å². The minimum atomic E-state index is -0.0582. The molecular weight excluding hydrogens is 382 g/mol. The maximum atomic E-state index is 12.5. The first-order valence-electron chi connectivity index (χ1n) is 13.0. The number of amides is 2. The number of anilines is 1. The Morgan fingerprint density at radius 2 is 1.10 bits per heavy atom. The van der Waals surface area contributed by atoms with Crippen molar-refractivity contribution in [2.75, 3.05) is 25.6 Å². The lowest BCUT2D eigenvalue weighted by Crippen LogP contribution is -2.48. The van der Waals surface area contributed by atoms with Crippen LogP contribution in [0, 0.1) is 0 Å². The zero-order valence-corrected chi connectivity index (χ0v) is 20.7. The summed E-state index contributed by atoms with van der Waals surface area (Å²) in [5.41, 5.74) is 0.886. The van der Waals surface area contributed by atoms with Crippen molar-refractivity contribution in [2.24, 2.45) is 0 Å². The maximum Gasteiger partial charge on any atom is 0.336 e. The van der Waals surface area contributed by atoms with E-state index < -0.39 is 0 Å². The monoisotopic (exact) mass is 431 g/mol. The Bertz CT molecular complexity index is 533. The van der Waals surface area contributed by atoms with Gasteiger partial charge in [-0.2, -0.15) is 0 Å². The lowest BCUT2D eigenvalue weighted by atomic mass is 10.0. The van der Waals surface area contributed by atoms with Gasteiger partial charge in [-0.1, -0.05) is 121 Å². The van der Waals surface area contributed by atoms with Crippen LogP contribution in [0.4, 0.5) is 10.5 Å². The summed E-state index contributed by atoms with van der Waals surface area (Å²) in [5.74, 6) is 0. The number of hydrazine groups is 1. The van der Waals surface area contributed by atoms with Crippen LogP contribution >= 0.6 is 0 Å². The molecule has 1 aromatic rings. The van der Waals surface area contributed by atoms with Crippen molar-refractivity contribution in [3.8, 4) is 0 Å². The van der Waals surface area contributed by atoms with Crippen LogP contribution in [0.25, 0.3) is 0 Å². The van der Waals surface area contributed by atoms with Gasteiger partial charge in [0, 0.05) is 20.6 Å². The van der Waals surface area contributed by atoms with E-state index in [9.17, 15) is 4.79 Å². The Labute approximate surface area is 192 Å². The zero-order valence-electron chi connectivity index (χ0n) is 20.7. The van der Waals surface area contributed by atoms with E-state index >= 15 is 0 Å². The molecule has 0 fully saturated rings. The van der Waals surface area contributed by atoms with Gasteiger partial charge in [0.1, 0.15) is 0 Å². The number of benzene rings is 1. The van der Waals surface area contributed by atoms with Gasteiger partial charge in [-0.05, 0) is 18.6 Å². The van der Waals surface area contributed by atoms with E-state index in [1.54, 1.807) is 5.01 Å². The Hall–Kier alpha value is -1.55. The smallest absolute Gasteiger partial charge is 0.336 e. The predicted octanol–water partition coefficient (Wildman–Crippen LogP) is 7.94. The van der Waals surface area contributed by atoms with Gasteiger partial charge in [0.2, 0.25) is 0 Å². The van der Waals surface area contributed by atoms with Crippen molar-refractivity contribution < 1.29 is 4.79 Å². The number of para-hydroxylation sites is 1. The number of hydrogen-bond acceptors (Lipinski definition) is 2. The first-order chi connectivity index (χ1) is 15.2. The van der Waals surface area contributed by atoms with E-state index in [1.807, 2.05) is 49.4 Å². The Kier molecular flexibility index (Phi) is 17.0. The molecule has 1 aromatic carbocycles. The summed E-state index contributed by atoms with van der Waals surface area (Å²) in [6.07, 6.45) is 21.9. The second-order valence-corrected chi connectivity index (χ2v) is 9.03. The second kappa shape index (κ2) is 19.2. The van der Waals surface area contributed by atoms with Crippen molar-refractivity contribution in [1.29, 1.82) is 0 Å². The van der Waals surface area contributed by atoms with Gasteiger partial charge in [-0.3, -0.25) is 0 Å². The molecule has 0 bridgehead atoms. The summed E-state index contributed by atoms with van der Waals surface area (Å²) < 4.78 is 0. The summed E-state index contributed by atoms with van der Waals surface area (Å²) in [5, 5.41) is 6.55. The molecule has 0 unspecified atom stereocenters. The molecule has 2 amide bonds. The van der Waals surface area contributed by atoms with E-state index in [2.05, 4.69) is 12.2 Å². The van der Waals surface area contributed by atoms with Crippen LogP contribution in [0.2, 0.25) is 0 Å². The molecule has 0 spiro atoms. The fraction of sp³-hybridized carbons (Fsp3) is 0.741. The highest BCUT2D eigenvalue weighted by Crippen LogP contribution is 2.15. The summed E-state index contributed by atoms with van der Waals surface area (Å²) >= 11 is 0. The third-order valence-corrected chi connectivity index (χ3v) is 5.90. The average Bonchev–Trinajstić information content (AvgIpc) is 2.76. The zero-order chi connectivity index (χ0) is 22.6. The normalized spacial score (nSPS) is 11.1. The third-order valence-electron chi connectivity index (χ3n) is 5.90. The minimum Gasteiger partial charge on any atom is -0.337 e. The van der Waals surface area contributed by atoms with Crippen molar-refractivity contribution in [2.45, 2.75) is 110 Å². The van der Waals surface area contributed by atoms with E-state index in [0.29, 0.717) is 0 Å². The molecule has 0 atom stereocenters. The average molecular weight is 432 g/mol. The van der Waals surface area contributed by atoms with Crippen molar-refractivity contribution >= 4 is 11.7 Å². The number of carbonyl (C=O) groups excluding carboxylic acids is 1. The molecule has 0 aliphatic carbocycles. The van der Waals surface area contributed by atoms with E-state index in [4.69, 9.17) is 0 Å². The topological polar surface area (TPSA) is 35.6 Å². The van der Waals surface area contributed by atoms with Gasteiger partial charge in [0.15, 0.2) is 0 Å². The maximum absolute atomic E-state index is 12.5. The number of nitrogens with zero attached hydrogens (tertiary/aromatic N) is 2. The predicted molar refractivity (Wildman–Crippen MR) is 136 cm³/mol. The quantitative estimate of drug-likeness (QED) is 0.178. The molecule has 4 heteroatoms. The number of unbranched alkanes of at least 4 members (excludes halogenated alkanes) is 15. The Balaban J connectivity index is 1.91. The van der Waals surface area contributed by atoms with Crippen LogP contribution in [-0.2, 0) is 0 Å². The molecule has 0 saturated heterocycles. The molecule has 4 nitrogen and oxygen atoms in total. The number of rotatable bonds is 19. The molecule has 0 heterocycles. The Morgan fingerprint density at radius 3 is 1.52 bits per heavy atom. The van der Waals surface area contributed by atoms with Crippen LogP contribution in [0.5, 0.6) is 0 Å². The van der Waals surface area contributed by atoms with Crippen LogP contribution in [0.15, 0.2) is 30.3 Å². The standard InChI is InChI=1S/C27H49N3O/c1-4-5-6-7-8-9-10-11-12-13-14-15-16-17-18-22-25-28-27(31)30(29(2)3)26-23-20-19-21-24-26/h19-21,23-24H,4-18,22,25H2,1-3H3,(H,28,31). The summed E-state index contributed by atoms with van der Waals surface area (Å²) in [6.45, 7) is 3.03. The van der Waals surface area contributed by atoms with E-state index in [-0.39, 0.29) is 6.03 Å². The second-order valence-electron chi connectivity index (χ2n) is 9.03. The van der Waals surface area contributed by atoms with Gasteiger partial charge in [-0.15, -0.1) is 0 Å². The van der Waals surface area contributed by atoms with Crippen LogP contribution in [0.1, 0.15) is 110 Å². The van der Waals surface area contributed by atoms with Gasteiger partial charge in [0.05, 0.1) is 5.69 Å². The van der Waals surface area contributed by atoms with Crippen molar-refractivity contribution in [3.05, 3.63) is 30.3 Å². The van der Waals surface area contributed by atoms with E-state index in [1.165, 1.54) is 96.3 Å². The van der Waals surface area contributed by atoms with E-state index in [0.717, 1.165) is 18.7 Å². The molecule has 1 rings (SSSR count). The molecule has 178 valence electrons.